The van der Waals surface area contributed by atoms with Gasteiger partial charge in [-0.2, -0.15) is 0 Å². The molecular weight excluding hydrogens is 322 g/mol. The van der Waals surface area contributed by atoms with Crippen molar-refractivity contribution in [3.05, 3.63) is 29.3 Å². The Balaban J connectivity index is 1.62. The number of nitrogens with zero attached hydrogens (tertiary/aromatic N) is 2. The van der Waals surface area contributed by atoms with E-state index in [1.165, 1.54) is 35.7 Å². The van der Waals surface area contributed by atoms with Crippen LogP contribution in [0.1, 0.15) is 43.7 Å². The first-order valence-electron chi connectivity index (χ1n) is 8.41. The summed E-state index contributed by atoms with van der Waals surface area (Å²) >= 11 is 1.31. The maximum Gasteiger partial charge on any atom is 0.277 e. The molecule has 1 aromatic carbocycles. The molecule has 1 amide bonds. The zero-order chi connectivity index (χ0) is 17.1. The number of aryl methyl sites for hydroxylation is 2. The van der Waals surface area contributed by atoms with Gasteiger partial charge in [0, 0.05) is 11.6 Å². The Morgan fingerprint density at radius 3 is 2.71 bits per heavy atom. The Morgan fingerprint density at radius 1 is 1.25 bits per heavy atom. The lowest BCUT2D eigenvalue weighted by Crippen LogP contribution is -2.37. The smallest absolute Gasteiger partial charge is 0.277 e. The van der Waals surface area contributed by atoms with Gasteiger partial charge in [-0.15, -0.1) is 10.2 Å². The Morgan fingerprint density at radius 2 is 2.00 bits per heavy atom. The number of carbonyl (C=O) groups is 1. The molecule has 1 saturated carbocycles. The Hall–Kier alpha value is -1.82. The third kappa shape index (κ3) is 3.98. The summed E-state index contributed by atoms with van der Waals surface area (Å²) in [6, 6.07) is 6.38. The van der Waals surface area contributed by atoms with E-state index in [0.717, 1.165) is 18.4 Å². The van der Waals surface area contributed by atoms with Gasteiger partial charge in [-0.1, -0.05) is 30.7 Å². The normalized spacial score (nSPS) is 16.3. The Bertz CT molecular complexity index is 723. The van der Waals surface area contributed by atoms with Gasteiger partial charge < -0.3 is 9.73 Å². The van der Waals surface area contributed by atoms with Crippen molar-refractivity contribution in [1.29, 1.82) is 0 Å². The molecular formula is C18H23N3O2S. The molecule has 3 rings (SSSR count). The summed E-state index contributed by atoms with van der Waals surface area (Å²) in [6.45, 7) is 5.99. The largest absolute Gasteiger partial charge is 0.411 e. The van der Waals surface area contributed by atoms with Crippen molar-refractivity contribution in [2.45, 2.75) is 63.0 Å². The summed E-state index contributed by atoms with van der Waals surface area (Å²) in [6.07, 6.45) is 4.58. The summed E-state index contributed by atoms with van der Waals surface area (Å²) in [7, 11) is 0. The molecule has 0 aliphatic heterocycles. The minimum Gasteiger partial charge on any atom is -0.411 e. The van der Waals surface area contributed by atoms with Crippen LogP contribution in [0, 0.1) is 13.8 Å². The van der Waals surface area contributed by atoms with E-state index in [1.54, 1.807) is 0 Å². The van der Waals surface area contributed by atoms with Gasteiger partial charge in [0.15, 0.2) is 0 Å². The molecule has 128 valence electrons. The van der Waals surface area contributed by atoms with E-state index in [-0.39, 0.29) is 11.2 Å². The van der Waals surface area contributed by atoms with Crippen LogP contribution < -0.4 is 5.32 Å². The van der Waals surface area contributed by atoms with Crippen LogP contribution in [-0.4, -0.2) is 27.4 Å². The molecule has 1 unspecified atom stereocenters. The van der Waals surface area contributed by atoms with E-state index in [0.29, 0.717) is 17.2 Å². The van der Waals surface area contributed by atoms with Crippen LogP contribution in [0.3, 0.4) is 0 Å². The lowest BCUT2D eigenvalue weighted by atomic mass is 10.1. The summed E-state index contributed by atoms with van der Waals surface area (Å²) in [5.74, 6) is 0.529. The first kappa shape index (κ1) is 17.0. The van der Waals surface area contributed by atoms with Crippen LogP contribution in [0.25, 0.3) is 11.5 Å². The molecule has 1 fully saturated rings. The zero-order valence-electron chi connectivity index (χ0n) is 14.3. The molecule has 0 spiro atoms. The van der Waals surface area contributed by atoms with E-state index < -0.39 is 0 Å². The third-order valence-electron chi connectivity index (χ3n) is 4.51. The number of nitrogens with one attached hydrogen (secondary N) is 1. The quantitative estimate of drug-likeness (QED) is 0.833. The van der Waals surface area contributed by atoms with Gasteiger partial charge in [0.1, 0.15) is 0 Å². The van der Waals surface area contributed by atoms with Crippen molar-refractivity contribution in [3.63, 3.8) is 0 Å². The average molecular weight is 345 g/mol. The first-order chi connectivity index (χ1) is 11.5. The first-order valence-corrected chi connectivity index (χ1v) is 9.29. The van der Waals surface area contributed by atoms with Crippen LogP contribution in [0.15, 0.2) is 27.8 Å². The maximum absolute atomic E-state index is 12.2. The minimum atomic E-state index is -0.251. The fraction of sp³-hybridized carbons (Fsp3) is 0.500. The number of hydrogen-bond acceptors (Lipinski definition) is 5. The van der Waals surface area contributed by atoms with Crippen molar-refractivity contribution in [3.8, 4) is 11.5 Å². The van der Waals surface area contributed by atoms with Gasteiger partial charge >= 0.3 is 0 Å². The van der Waals surface area contributed by atoms with Crippen LogP contribution in [0.4, 0.5) is 0 Å². The molecule has 1 heterocycles. The highest BCUT2D eigenvalue weighted by atomic mass is 32.2. The van der Waals surface area contributed by atoms with Crippen molar-refractivity contribution >= 4 is 17.7 Å². The highest BCUT2D eigenvalue weighted by molar-refractivity contribution is 8.00. The highest BCUT2D eigenvalue weighted by Gasteiger charge is 2.23. The van der Waals surface area contributed by atoms with Gasteiger partial charge in [0.2, 0.25) is 11.8 Å². The zero-order valence-corrected chi connectivity index (χ0v) is 15.2. The van der Waals surface area contributed by atoms with Gasteiger partial charge in [0.05, 0.1) is 5.25 Å². The molecule has 5 nitrogen and oxygen atoms in total. The van der Waals surface area contributed by atoms with Crippen LogP contribution in [0.2, 0.25) is 0 Å². The topological polar surface area (TPSA) is 68.0 Å². The molecule has 1 aliphatic rings. The predicted molar refractivity (Wildman–Crippen MR) is 94.9 cm³/mol. The number of aromatic nitrogens is 2. The summed E-state index contributed by atoms with van der Waals surface area (Å²) in [4.78, 5) is 12.2. The summed E-state index contributed by atoms with van der Waals surface area (Å²) in [5.41, 5.74) is 3.31. The van der Waals surface area contributed by atoms with E-state index >= 15 is 0 Å². The van der Waals surface area contributed by atoms with Crippen molar-refractivity contribution in [2.75, 3.05) is 0 Å². The summed E-state index contributed by atoms with van der Waals surface area (Å²) in [5, 5.41) is 11.4. The molecule has 1 atom stereocenters. The second-order valence-corrected chi connectivity index (χ2v) is 7.71. The second-order valence-electron chi connectivity index (χ2n) is 6.42. The van der Waals surface area contributed by atoms with E-state index in [2.05, 4.69) is 29.4 Å². The number of rotatable bonds is 5. The number of amides is 1. The second kappa shape index (κ2) is 7.38. The fourth-order valence-electron chi connectivity index (χ4n) is 2.84. The molecule has 24 heavy (non-hydrogen) atoms. The molecule has 0 bridgehead atoms. The lowest BCUT2D eigenvalue weighted by molar-refractivity contribution is -0.120. The maximum atomic E-state index is 12.2. The summed E-state index contributed by atoms with van der Waals surface area (Å²) < 4.78 is 5.72. The Labute approximate surface area is 146 Å². The number of thioether (sulfide) groups is 1. The van der Waals surface area contributed by atoms with Crippen molar-refractivity contribution < 1.29 is 9.21 Å². The van der Waals surface area contributed by atoms with Gasteiger partial charge in [0.25, 0.3) is 5.22 Å². The van der Waals surface area contributed by atoms with Crippen LogP contribution in [-0.2, 0) is 4.79 Å². The average Bonchev–Trinajstić information content (AvgIpc) is 3.22. The van der Waals surface area contributed by atoms with Gasteiger partial charge in [-0.05, 0) is 56.9 Å². The molecule has 1 N–H and O–H groups in total. The number of hydrogen-bond donors (Lipinski definition) is 1. The van der Waals surface area contributed by atoms with Gasteiger partial charge in [-0.3, -0.25) is 4.79 Å². The fourth-order valence-corrected chi connectivity index (χ4v) is 3.53. The van der Waals surface area contributed by atoms with Crippen molar-refractivity contribution in [1.82, 2.24) is 15.5 Å². The Kier molecular flexibility index (Phi) is 5.23. The van der Waals surface area contributed by atoms with Crippen LogP contribution in [0.5, 0.6) is 0 Å². The SMILES string of the molecule is Cc1ccc(-c2nnc(SC(C)C(=O)NC3CCCC3)o2)cc1C. The molecule has 0 saturated heterocycles. The van der Waals surface area contributed by atoms with E-state index in [4.69, 9.17) is 4.42 Å². The lowest BCUT2D eigenvalue weighted by Gasteiger charge is -2.14. The van der Waals surface area contributed by atoms with Gasteiger partial charge in [-0.25, -0.2) is 0 Å². The standard InChI is InChI=1S/C18H23N3O2S/c1-11-8-9-14(10-12(11)2)17-20-21-18(23-17)24-13(3)16(22)19-15-6-4-5-7-15/h8-10,13,15H,4-7H2,1-3H3,(H,19,22). The molecule has 6 heteroatoms. The highest BCUT2D eigenvalue weighted by Crippen LogP contribution is 2.27. The molecule has 0 radical (unpaired) electrons. The monoisotopic (exact) mass is 345 g/mol. The van der Waals surface area contributed by atoms with Crippen LogP contribution >= 0.6 is 11.8 Å². The van der Waals surface area contributed by atoms with E-state index in [9.17, 15) is 4.79 Å². The molecule has 1 aliphatic carbocycles. The third-order valence-corrected chi connectivity index (χ3v) is 5.44. The predicted octanol–water partition coefficient (Wildman–Crippen LogP) is 3.89. The number of benzene rings is 1. The van der Waals surface area contributed by atoms with E-state index in [1.807, 2.05) is 25.1 Å². The molecule has 1 aromatic heterocycles. The number of carbonyl (C=O) groups excluding carboxylic acids is 1. The van der Waals surface area contributed by atoms with Crippen molar-refractivity contribution in [2.24, 2.45) is 0 Å². The molecule has 2 aromatic rings. The minimum absolute atomic E-state index is 0.0397.